The lowest BCUT2D eigenvalue weighted by atomic mass is 10.1. The van der Waals surface area contributed by atoms with E-state index in [-0.39, 0.29) is 5.56 Å². The molecule has 0 bridgehead atoms. The molecule has 2 aromatic carbocycles. The van der Waals surface area contributed by atoms with Crippen molar-refractivity contribution in [2.24, 2.45) is 0 Å². The maximum absolute atomic E-state index is 13.2. The van der Waals surface area contributed by atoms with E-state index in [1.54, 1.807) is 22.5 Å². The van der Waals surface area contributed by atoms with E-state index < -0.39 is 0 Å². The van der Waals surface area contributed by atoms with Crippen molar-refractivity contribution in [2.45, 2.75) is 24.8 Å². The van der Waals surface area contributed by atoms with E-state index in [0.717, 1.165) is 11.3 Å². The van der Waals surface area contributed by atoms with Crippen LogP contribution in [0.3, 0.4) is 0 Å². The molecule has 0 unspecified atom stereocenters. The molecule has 0 aliphatic carbocycles. The zero-order valence-electron chi connectivity index (χ0n) is 15.2. The summed E-state index contributed by atoms with van der Waals surface area (Å²) in [4.78, 5) is 22.4. The molecule has 0 fully saturated rings. The van der Waals surface area contributed by atoms with E-state index in [9.17, 15) is 4.79 Å². The largest absolute Gasteiger partial charge is 0.268 e. The van der Waals surface area contributed by atoms with Gasteiger partial charge in [-0.2, -0.15) is 0 Å². The molecule has 0 N–H and O–H groups in total. The van der Waals surface area contributed by atoms with Crippen LogP contribution in [0.25, 0.3) is 16.7 Å². The standard InChI is InChI=1S/C22H19N3OS/c1-15-11-12-23-20(13-15)25-21(26)18-9-5-6-10-19(18)24-22(25)27-14-17-8-4-3-7-16(17)2/h3-13H,14H2,1-2H3. The number of rotatable bonds is 4. The lowest BCUT2D eigenvalue weighted by molar-refractivity contribution is 0.794. The smallest absolute Gasteiger partial charge is 0.267 e. The van der Waals surface area contributed by atoms with Crippen LogP contribution in [0.4, 0.5) is 0 Å². The highest BCUT2D eigenvalue weighted by atomic mass is 32.2. The second kappa shape index (κ2) is 7.37. The number of fused-ring (bicyclic) bond motifs is 1. The summed E-state index contributed by atoms with van der Waals surface area (Å²) in [7, 11) is 0. The molecule has 0 aliphatic heterocycles. The van der Waals surface area contributed by atoms with Crippen LogP contribution in [-0.4, -0.2) is 14.5 Å². The number of pyridine rings is 1. The van der Waals surface area contributed by atoms with E-state index in [2.05, 4.69) is 24.0 Å². The lowest BCUT2D eigenvalue weighted by Gasteiger charge is -2.13. The Morgan fingerprint density at radius 3 is 2.59 bits per heavy atom. The first-order valence-electron chi connectivity index (χ1n) is 8.75. The van der Waals surface area contributed by atoms with Crippen LogP contribution in [0.2, 0.25) is 0 Å². The van der Waals surface area contributed by atoms with Crippen molar-refractivity contribution >= 4 is 22.7 Å². The average molecular weight is 373 g/mol. The molecule has 2 heterocycles. The predicted molar refractivity (Wildman–Crippen MR) is 111 cm³/mol. The summed E-state index contributed by atoms with van der Waals surface area (Å²) >= 11 is 1.56. The zero-order chi connectivity index (χ0) is 18.8. The van der Waals surface area contributed by atoms with E-state index in [1.807, 2.05) is 55.5 Å². The van der Waals surface area contributed by atoms with Crippen molar-refractivity contribution in [3.05, 3.63) is 93.9 Å². The number of hydrogen-bond acceptors (Lipinski definition) is 4. The highest BCUT2D eigenvalue weighted by molar-refractivity contribution is 7.98. The van der Waals surface area contributed by atoms with Crippen molar-refractivity contribution in [3.8, 4) is 5.82 Å². The van der Waals surface area contributed by atoms with Gasteiger partial charge in [-0.25, -0.2) is 14.5 Å². The van der Waals surface area contributed by atoms with Gasteiger partial charge >= 0.3 is 0 Å². The first kappa shape index (κ1) is 17.5. The van der Waals surface area contributed by atoms with Crippen molar-refractivity contribution in [1.29, 1.82) is 0 Å². The Kier molecular flexibility index (Phi) is 4.77. The Balaban J connectivity index is 1.86. The molecule has 134 valence electrons. The molecule has 4 nitrogen and oxygen atoms in total. The van der Waals surface area contributed by atoms with Gasteiger partial charge < -0.3 is 0 Å². The predicted octanol–water partition coefficient (Wildman–Crippen LogP) is 4.69. The van der Waals surface area contributed by atoms with Crippen molar-refractivity contribution in [1.82, 2.24) is 14.5 Å². The van der Waals surface area contributed by atoms with Crippen molar-refractivity contribution in [3.63, 3.8) is 0 Å². The SMILES string of the molecule is Cc1ccnc(-n2c(SCc3ccccc3C)nc3ccccc3c2=O)c1. The Morgan fingerprint density at radius 2 is 1.78 bits per heavy atom. The molecule has 0 spiro atoms. The number of benzene rings is 2. The van der Waals surface area contributed by atoms with Crippen LogP contribution in [0, 0.1) is 13.8 Å². The first-order chi connectivity index (χ1) is 13.1. The number of aromatic nitrogens is 3. The molecular formula is C22H19N3OS. The number of nitrogens with zero attached hydrogens (tertiary/aromatic N) is 3. The van der Waals surface area contributed by atoms with Gasteiger partial charge in [-0.05, 0) is 54.8 Å². The topological polar surface area (TPSA) is 47.8 Å². The fraction of sp³-hybridized carbons (Fsp3) is 0.136. The van der Waals surface area contributed by atoms with Crippen molar-refractivity contribution < 1.29 is 0 Å². The van der Waals surface area contributed by atoms with Gasteiger partial charge in [0.15, 0.2) is 5.16 Å². The summed E-state index contributed by atoms with van der Waals surface area (Å²) in [5, 5.41) is 1.25. The number of aryl methyl sites for hydroxylation is 2. The summed E-state index contributed by atoms with van der Waals surface area (Å²) in [6, 6.07) is 19.6. The van der Waals surface area contributed by atoms with Gasteiger partial charge in [-0.15, -0.1) is 0 Å². The molecule has 0 amide bonds. The molecule has 2 aromatic heterocycles. The Bertz CT molecular complexity index is 1180. The summed E-state index contributed by atoms with van der Waals surface area (Å²) in [6.45, 7) is 4.09. The molecule has 0 saturated heterocycles. The van der Waals surface area contributed by atoms with E-state index in [4.69, 9.17) is 4.98 Å². The van der Waals surface area contributed by atoms with Crippen LogP contribution < -0.4 is 5.56 Å². The number of hydrogen-bond donors (Lipinski definition) is 0. The molecule has 0 aliphatic rings. The third-order valence-corrected chi connectivity index (χ3v) is 5.48. The van der Waals surface area contributed by atoms with E-state index in [1.165, 1.54) is 11.1 Å². The Labute approximate surface area is 161 Å². The summed E-state index contributed by atoms with van der Waals surface area (Å²) < 4.78 is 1.62. The highest BCUT2D eigenvalue weighted by Gasteiger charge is 2.14. The monoisotopic (exact) mass is 373 g/mol. The molecular weight excluding hydrogens is 354 g/mol. The Morgan fingerprint density at radius 1 is 1.00 bits per heavy atom. The molecule has 27 heavy (non-hydrogen) atoms. The maximum atomic E-state index is 13.2. The quantitative estimate of drug-likeness (QED) is 0.385. The lowest BCUT2D eigenvalue weighted by Crippen LogP contribution is -2.22. The van der Waals surface area contributed by atoms with Gasteiger partial charge in [0.25, 0.3) is 5.56 Å². The first-order valence-corrected chi connectivity index (χ1v) is 9.74. The molecule has 0 atom stereocenters. The van der Waals surface area contributed by atoms with Crippen LogP contribution in [0.15, 0.2) is 76.8 Å². The minimum Gasteiger partial charge on any atom is -0.268 e. The molecule has 4 rings (SSSR count). The van der Waals surface area contributed by atoms with Crippen LogP contribution in [-0.2, 0) is 5.75 Å². The van der Waals surface area contributed by atoms with Gasteiger partial charge in [0.2, 0.25) is 0 Å². The van der Waals surface area contributed by atoms with Crippen molar-refractivity contribution in [2.75, 3.05) is 0 Å². The van der Waals surface area contributed by atoms with E-state index >= 15 is 0 Å². The highest BCUT2D eigenvalue weighted by Crippen LogP contribution is 2.25. The summed E-state index contributed by atoms with van der Waals surface area (Å²) in [6.07, 6.45) is 1.72. The molecule has 0 saturated carbocycles. The summed E-state index contributed by atoms with van der Waals surface area (Å²) in [5.41, 5.74) is 4.13. The average Bonchev–Trinajstić information content (AvgIpc) is 2.67. The van der Waals surface area contributed by atoms with Crippen LogP contribution >= 0.6 is 11.8 Å². The van der Waals surface area contributed by atoms with Gasteiger partial charge in [0.1, 0.15) is 5.82 Å². The van der Waals surface area contributed by atoms with Gasteiger partial charge in [-0.3, -0.25) is 4.79 Å². The molecule has 0 radical (unpaired) electrons. The summed E-state index contributed by atoms with van der Waals surface area (Å²) in [5.74, 6) is 1.34. The third kappa shape index (κ3) is 3.51. The zero-order valence-corrected chi connectivity index (χ0v) is 16.0. The molecule has 5 heteroatoms. The Hall–Kier alpha value is -2.92. The second-order valence-corrected chi connectivity index (χ2v) is 7.40. The third-order valence-electron chi connectivity index (χ3n) is 4.49. The maximum Gasteiger partial charge on any atom is 0.267 e. The van der Waals surface area contributed by atoms with E-state index in [0.29, 0.717) is 21.9 Å². The minimum atomic E-state index is -0.0917. The fourth-order valence-electron chi connectivity index (χ4n) is 2.97. The van der Waals surface area contributed by atoms with Crippen LogP contribution in [0.1, 0.15) is 16.7 Å². The minimum absolute atomic E-state index is 0.0917. The van der Waals surface area contributed by atoms with Gasteiger partial charge in [0, 0.05) is 11.9 Å². The number of thioether (sulfide) groups is 1. The fourth-order valence-corrected chi connectivity index (χ4v) is 4.04. The second-order valence-electron chi connectivity index (χ2n) is 6.46. The van der Waals surface area contributed by atoms with Gasteiger partial charge in [0.05, 0.1) is 10.9 Å². The van der Waals surface area contributed by atoms with Crippen LogP contribution in [0.5, 0.6) is 0 Å². The normalized spacial score (nSPS) is 11.0. The molecule has 4 aromatic rings. The van der Waals surface area contributed by atoms with Gasteiger partial charge in [-0.1, -0.05) is 48.2 Å². The number of para-hydroxylation sites is 1.